The van der Waals surface area contributed by atoms with E-state index in [1.54, 1.807) is 0 Å². The largest absolute Gasteiger partial charge is 0.393 e. The molecule has 0 spiro atoms. The molecule has 0 aromatic carbocycles. The molecule has 246 valence electrons. The molecule has 0 aromatic heterocycles. The molecule has 10 atom stereocenters. The quantitative estimate of drug-likeness (QED) is 0.122. The molecule has 4 nitrogen and oxygen atoms in total. The molecule has 0 radical (unpaired) electrons. The third kappa shape index (κ3) is 8.35. The predicted octanol–water partition coefficient (Wildman–Crippen LogP) is 8.32. The lowest BCUT2D eigenvalue weighted by Crippen LogP contribution is -2.55. The van der Waals surface area contributed by atoms with Crippen molar-refractivity contribution in [1.29, 1.82) is 0 Å². The highest BCUT2D eigenvalue weighted by Gasteiger charge is 2.60. The van der Waals surface area contributed by atoms with Crippen LogP contribution in [0.4, 0.5) is 0 Å². The lowest BCUT2D eigenvalue weighted by Gasteiger charge is -2.61. The first kappa shape index (κ1) is 34.7. The van der Waals surface area contributed by atoms with E-state index in [0.29, 0.717) is 16.7 Å². The molecule has 4 rings (SSSR count). The fourth-order valence-corrected chi connectivity index (χ4v) is 11.1. The second-order valence-corrected chi connectivity index (χ2v) is 16.7. The Hall–Kier alpha value is -0.160. The third-order valence-electron chi connectivity index (χ3n) is 13.9. The van der Waals surface area contributed by atoms with Crippen LogP contribution in [0, 0.1) is 52.3 Å². The molecule has 0 aliphatic heterocycles. The van der Waals surface area contributed by atoms with Crippen LogP contribution in [0.1, 0.15) is 150 Å². The highest BCUT2D eigenvalue weighted by Crippen LogP contribution is 2.68. The maximum Gasteiger partial charge on any atom is 0.0563 e. The van der Waals surface area contributed by atoms with Gasteiger partial charge in [0.15, 0.2) is 0 Å². The molecule has 0 bridgehead atoms. The number of rotatable bonds is 18. The van der Waals surface area contributed by atoms with Gasteiger partial charge in [-0.25, -0.2) is 0 Å². The van der Waals surface area contributed by atoms with Gasteiger partial charge in [0.05, 0.1) is 6.10 Å². The van der Waals surface area contributed by atoms with Crippen LogP contribution in [0.25, 0.3) is 0 Å². The van der Waals surface area contributed by atoms with Crippen molar-refractivity contribution in [3.63, 3.8) is 0 Å². The Morgan fingerprint density at radius 2 is 1.43 bits per heavy atom. The van der Waals surface area contributed by atoms with Crippen molar-refractivity contribution in [1.82, 2.24) is 10.6 Å². The lowest BCUT2D eigenvalue weighted by molar-refractivity contribution is -0.118. The maximum absolute atomic E-state index is 10.5. The van der Waals surface area contributed by atoms with E-state index in [1.165, 1.54) is 122 Å². The van der Waals surface area contributed by atoms with Gasteiger partial charge in [0.1, 0.15) is 0 Å². The number of hydrogen-bond acceptors (Lipinski definition) is 4. The van der Waals surface area contributed by atoms with Crippen LogP contribution in [0.2, 0.25) is 0 Å². The number of fused-ring (bicyclic) bond motifs is 5. The van der Waals surface area contributed by atoms with Crippen LogP contribution in [0.3, 0.4) is 0 Å². The first-order valence-corrected chi connectivity index (χ1v) is 19.0. The Kier molecular flexibility index (Phi) is 13.6. The summed E-state index contributed by atoms with van der Waals surface area (Å²) in [6.07, 6.45) is 24.4. The van der Waals surface area contributed by atoms with Crippen molar-refractivity contribution in [3.05, 3.63) is 0 Å². The van der Waals surface area contributed by atoms with E-state index in [9.17, 15) is 5.11 Å². The fourth-order valence-electron chi connectivity index (χ4n) is 11.1. The molecule has 0 heterocycles. The number of aliphatic hydroxyl groups excluding tert-OH is 1. The van der Waals surface area contributed by atoms with Crippen molar-refractivity contribution < 1.29 is 5.11 Å². The predicted molar refractivity (Wildman–Crippen MR) is 180 cm³/mol. The Bertz CT molecular complexity index is 773. The van der Waals surface area contributed by atoms with Gasteiger partial charge in [-0.05, 0) is 168 Å². The molecule has 4 unspecified atom stereocenters. The molecule has 4 aliphatic rings. The zero-order valence-electron chi connectivity index (χ0n) is 28.8. The van der Waals surface area contributed by atoms with Gasteiger partial charge >= 0.3 is 0 Å². The summed E-state index contributed by atoms with van der Waals surface area (Å²) in [4.78, 5) is 0. The van der Waals surface area contributed by atoms with Crippen LogP contribution in [-0.4, -0.2) is 43.4 Å². The van der Waals surface area contributed by atoms with Crippen molar-refractivity contribution in [2.24, 2.45) is 58.0 Å². The third-order valence-corrected chi connectivity index (χ3v) is 13.9. The van der Waals surface area contributed by atoms with Crippen LogP contribution in [0.15, 0.2) is 0 Å². The summed E-state index contributed by atoms with van der Waals surface area (Å²) in [5.74, 6) is 5.85. The van der Waals surface area contributed by atoms with E-state index in [0.717, 1.165) is 61.1 Å². The number of unbranched alkanes of at least 4 members (excludes halogenated alkanes) is 5. The normalized spacial score (nSPS) is 37.7. The van der Waals surface area contributed by atoms with Crippen LogP contribution >= 0.6 is 0 Å². The summed E-state index contributed by atoms with van der Waals surface area (Å²) in [6.45, 7) is 16.7. The van der Waals surface area contributed by atoms with Crippen LogP contribution in [-0.2, 0) is 0 Å². The summed E-state index contributed by atoms with van der Waals surface area (Å²) in [6, 6.07) is 0.750. The second kappa shape index (κ2) is 16.4. The van der Waals surface area contributed by atoms with Crippen molar-refractivity contribution >= 4 is 0 Å². The van der Waals surface area contributed by atoms with E-state index in [1.807, 2.05) is 0 Å². The molecule has 42 heavy (non-hydrogen) atoms. The number of nitrogens with two attached hydrogens (primary N) is 1. The SMILES string of the molecule is CC(C)C(O)CC[C@@H](C)[C@H]1CCC2C3CC[C@H]4C[C@@H](NCCCNCCCCCCCCN)CC[C@]4(C)C3CC[C@@]21C. The van der Waals surface area contributed by atoms with Gasteiger partial charge in [-0.2, -0.15) is 0 Å². The highest BCUT2D eigenvalue weighted by atomic mass is 16.3. The summed E-state index contributed by atoms with van der Waals surface area (Å²) in [5, 5.41) is 18.1. The second-order valence-electron chi connectivity index (χ2n) is 16.7. The summed E-state index contributed by atoms with van der Waals surface area (Å²) < 4.78 is 0. The first-order valence-electron chi connectivity index (χ1n) is 19.0. The van der Waals surface area contributed by atoms with Crippen molar-refractivity contribution in [2.75, 3.05) is 26.2 Å². The van der Waals surface area contributed by atoms with Gasteiger partial charge in [0.2, 0.25) is 0 Å². The Morgan fingerprint density at radius 3 is 2.19 bits per heavy atom. The minimum Gasteiger partial charge on any atom is -0.393 e. The average molecular weight is 588 g/mol. The van der Waals surface area contributed by atoms with Gasteiger partial charge in [0.25, 0.3) is 0 Å². The van der Waals surface area contributed by atoms with Crippen LogP contribution in [0.5, 0.6) is 0 Å². The van der Waals surface area contributed by atoms with Gasteiger partial charge in [0, 0.05) is 6.04 Å². The van der Waals surface area contributed by atoms with Crippen molar-refractivity contribution in [2.45, 2.75) is 162 Å². The molecule has 0 amide bonds. The highest BCUT2D eigenvalue weighted by molar-refractivity contribution is 5.10. The lowest BCUT2D eigenvalue weighted by atomic mass is 9.44. The van der Waals surface area contributed by atoms with E-state index < -0.39 is 0 Å². The number of nitrogens with one attached hydrogen (secondary N) is 2. The van der Waals surface area contributed by atoms with Gasteiger partial charge in [-0.3, -0.25) is 0 Å². The summed E-state index contributed by atoms with van der Waals surface area (Å²) in [7, 11) is 0. The Labute approximate surface area is 261 Å². The average Bonchev–Trinajstić information content (AvgIpc) is 3.33. The molecule has 4 aliphatic carbocycles. The Morgan fingerprint density at radius 1 is 0.738 bits per heavy atom. The molecule has 4 heteroatoms. The zero-order valence-corrected chi connectivity index (χ0v) is 28.8. The first-order chi connectivity index (χ1) is 20.2. The molecular weight excluding hydrogens is 514 g/mol. The number of hydrogen-bond donors (Lipinski definition) is 4. The van der Waals surface area contributed by atoms with Gasteiger partial charge in [-0.15, -0.1) is 0 Å². The minimum atomic E-state index is -0.124. The van der Waals surface area contributed by atoms with Gasteiger partial charge in [-0.1, -0.05) is 60.3 Å². The maximum atomic E-state index is 10.5. The smallest absolute Gasteiger partial charge is 0.0563 e. The standard InChI is InChI=1S/C38H73N3O/c1-28(2)36(42)18-13-29(3)33-16-17-34-32-15-14-30-27-31(19-21-37(30,4)35(32)20-22-38(33,34)5)41-26-12-25-40-24-11-9-7-6-8-10-23-39/h28-36,40-42H,6-27,39H2,1-5H3/t29-,30+,31+,32?,33-,34?,35?,36?,37+,38-/m1/s1. The summed E-state index contributed by atoms with van der Waals surface area (Å²) in [5.41, 5.74) is 6.71. The molecule has 0 saturated heterocycles. The van der Waals surface area contributed by atoms with E-state index in [4.69, 9.17) is 5.73 Å². The molecule has 4 fully saturated rings. The topological polar surface area (TPSA) is 70.3 Å². The minimum absolute atomic E-state index is 0.124. The van der Waals surface area contributed by atoms with Crippen molar-refractivity contribution in [3.8, 4) is 0 Å². The molecule has 4 saturated carbocycles. The molecule has 5 N–H and O–H groups in total. The molecule has 0 aromatic rings. The molecular formula is C38H73N3O. The van der Waals surface area contributed by atoms with E-state index in [-0.39, 0.29) is 6.10 Å². The Balaban J connectivity index is 1.17. The van der Waals surface area contributed by atoms with E-state index in [2.05, 4.69) is 45.3 Å². The summed E-state index contributed by atoms with van der Waals surface area (Å²) >= 11 is 0. The van der Waals surface area contributed by atoms with Crippen LogP contribution < -0.4 is 16.4 Å². The number of aliphatic hydroxyl groups is 1. The fraction of sp³-hybridized carbons (Fsp3) is 1.00. The monoisotopic (exact) mass is 588 g/mol. The van der Waals surface area contributed by atoms with Gasteiger partial charge < -0.3 is 21.5 Å². The van der Waals surface area contributed by atoms with E-state index >= 15 is 0 Å². The zero-order chi connectivity index (χ0) is 30.2.